The van der Waals surface area contributed by atoms with E-state index in [1.807, 2.05) is 12.1 Å². The lowest BCUT2D eigenvalue weighted by Crippen LogP contribution is -2.32. The van der Waals surface area contributed by atoms with Crippen LogP contribution in [0.1, 0.15) is 31.4 Å². The molecule has 0 aromatic heterocycles. The highest BCUT2D eigenvalue weighted by Crippen LogP contribution is 2.21. The molecule has 1 aromatic carbocycles. The van der Waals surface area contributed by atoms with Gasteiger partial charge in [0, 0.05) is 20.1 Å². The first kappa shape index (κ1) is 18.4. The van der Waals surface area contributed by atoms with Crippen LogP contribution in [0.4, 0.5) is 0 Å². The van der Waals surface area contributed by atoms with Crippen LogP contribution in [-0.4, -0.2) is 57.4 Å². The van der Waals surface area contributed by atoms with E-state index in [9.17, 15) is 8.42 Å². The molecule has 1 N–H and O–H groups in total. The van der Waals surface area contributed by atoms with Gasteiger partial charge in [0.05, 0.1) is 4.90 Å². The topological polar surface area (TPSA) is 52.7 Å². The predicted octanol–water partition coefficient (Wildman–Crippen LogP) is 1.68. The maximum atomic E-state index is 12.7. The van der Waals surface area contributed by atoms with Crippen molar-refractivity contribution < 1.29 is 8.42 Å². The normalized spacial score (nSPS) is 15.2. The summed E-state index contributed by atoms with van der Waals surface area (Å²) in [7, 11) is -1.72. The van der Waals surface area contributed by atoms with E-state index < -0.39 is 10.0 Å². The van der Waals surface area contributed by atoms with Gasteiger partial charge in [-0.2, -0.15) is 0 Å². The number of nitrogens with one attached hydrogen (secondary N) is 1. The number of fused-ring (bicyclic) bond motifs is 1. The van der Waals surface area contributed by atoms with Crippen LogP contribution in [0.15, 0.2) is 23.1 Å². The van der Waals surface area contributed by atoms with Crippen LogP contribution in [0.3, 0.4) is 0 Å². The highest BCUT2D eigenvalue weighted by atomic mass is 32.2. The summed E-state index contributed by atoms with van der Waals surface area (Å²) in [6.07, 6.45) is 1.82. The van der Waals surface area contributed by atoms with Crippen LogP contribution in [-0.2, 0) is 23.0 Å². The Morgan fingerprint density at radius 3 is 2.57 bits per heavy atom. The molecule has 0 unspecified atom stereocenters. The first-order chi connectivity index (χ1) is 11.0. The summed E-state index contributed by atoms with van der Waals surface area (Å²) in [5, 5.41) is 3.29. The molecule has 1 aromatic rings. The Bertz CT molecular complexity index is 612. The Hall–Kier alpha value is -0.950. The number of sulfonamides is 1. The van der Waals surface area contributed by atoms with Crippen LogP contribution in [0.25, 0.3) is 0 Å². The average molecular weight is 340 g/mol. The van der Waals surface area contributed by atoms with E-state index in [1.165, 1.54) is 9.87 Å². The van der Waals surface area contributed by atoms with Crippen molar-refractivity contribution in [1.82, 2.24) is 14.5 Å². The fourth-order valence-electron chi connectivity index (χ4n) is 2.97. The van der Waals surface area contributed by atoms with Gasteiger partial charge in [0.2, 0.25) is 10.0 Å². The highest BCUT2D eigenvalue weighted by molar-refractivity contribution is 7.89. The fourth-order valence-corrected chi connectivity index (χ4v) is 4.23. The number of benzene rings is 1. The summed E-state index contributed by atoms with van der Waals surface area (Å²) in [4.78, 5) is 2.72. The van der Waals surface area contributed by atoms with Gasteiger partial charge in [-0.3, -0.25) is 0 Å². The molecule has 2 rings (SSSR count). The minimum atomic E-state index is -3.40. The van der Waals surface area contributed by atoms with Crippen molar-refractivity contribution in [1.29, 1.82) is 0 Å². The van der Waals surface area contributed by atoms with Crippen LogP contribution >= 0.6 is 0 Å². The van der Waals surface area contributed by atoms with Gasteiger partial charge in [0.1, 0.15) is 0 Å². The molecule has 0 saturated carbocycles. The van der Waals surface area contributed by atoms with Crippen molar-refractivity contribution in [2.45, 2.75) is 38.1 Å². The molecule has 1 heterocycles. The molecule has 0 amide bonds. The van der Waals surface area contributed by atoms with Gasteiger partial charge >= 0.3 is 0 Å². The van der Waals surface area contributed by atoms with Crippen LogP contribution in [0.2, 0.25) is 0 Å². The van der Waals surface area contributed by atoms with Gasteiger partial charge in [-0.25, -0.2) is 12.7 Å². The summed E-state index contributed by atoms with van der Waals surface area (Å²) >= 11 is 0. The molecule has 0 aliphatic carbocycles. The molecule has 6 heteroatoms. The first-order valence-corrected chi connectivity index (χ1v) is 9.94. The van der Waals surface area contributed by atoms with Crippen molar-refractivity contribution in [3.8, 4) is 0 Å². The van der Waals surface area contributed by atoms with Gasteiger partial charge in [-0.15, -0.1) is 0 Å². The minimum absolute atomic E-state index is 0.408. The Morgan fingerprint density at radius 1 is 1.13 bits per heavy atom. The van der Waals surface area contributed by atoms with E-state index in [-0.39, 0.29) is 0 Å². The molecule has 0 radical (unpaired) electrons. The van der Waals surface area contributed by atoms with Crippen molar-refractivity contribution >= 4 is 10.0 Å². The Kier molecular flexibility index (Phi) is 6.59. The maximum absolute atomic E-state index is 12.7. The molecular formula is C17H29N3O2S. The van der Waals surface area contributed by atoms with Gasteiger partial charge in [-0.1, -0.05) is 19.9 Å². The van der Waals surface area contributed by atoms with Gasteiger partial charge < -0.3 is 10.2 Å². The van der Waals surface area contributed by atoms with Crippen molar-refractivity contribution in [3.05, 3.63) is 29.3 Å². The number of nitrogens with zero attached hydrogens (tertiary/aromatic N) is 2. The largest absolute Gasteiger partial charge is 0.312 e. The number of hydrogen-bond acceptors (Lipinski definition) is 4. The van der Waals surface area contributed by atoms with Crippen molar-refractivity contribution in [3.63, 3.8) is 0 Å². The Morgan fingerprint density at radius 2 is 1.87 bits per heavy atom. The minimum Gasteiger partial charge on any atom is -0.312 e. The molecule has 0 spiro atoms. The quantitative estimate of drug-likeness (QED) is 0.783. The summed E-state index contributed by atoms with van der Waals surface area (Å²) in [5.74, 6) is 0. The fraction of sp³-hybridized carbons (Fsp3) is 0.647. The van der Waals surface area contributed by atoms with Crippen molar-refractivity contribution in [2.24, 2.45) is 0 Å². The van der Waals surface area contributed by atoms with E-state index in [0.717, 1.165) is 51.1 Å². The number of rotatable bonds is 8. The lowest BCUT2D eigenvalue weighted by molar-refractivity contribution is 0.289. The van der Waals surface area contributed by atoms with Crippen LogP contribution < -0.4 is 5.32 Å². The summed E-state index contributed by atoms with van der Waals surface area (Å²) < 4.78 is 26.9. The smallest absolute Gasteiger partial charge is 0.242 e. The zero-order valence-corrected chi connectivity index (χ0v) is 15.3. The molecule has 0 bridgehead atoms. The zero-order chi connectivity index (χ0) is 16.9. The predicted molar refractivity (Wildman–Crippen MR) is 94.1 cm³/mol. The third-order valence-corrected chi connectivity index (χ3v) is 6.47. The van der Waals surface area contributed by atoms with E-state index in [4.69, 9.17) is 0 Å². The van der Waals surface area contributed by atoms with Gasteiger partial charge in [-0.05, 0) is 62.3 Å². The lowest BCUT2D eigenvalue weighted by Gasteiger charge is -2.22. The average Bonchev–Trinajstić information content (AvgIpc) is 2.58. The Balaban J connectivity index is 2.02. The van der Waals surface area contributed by atoms with E-state index in [0.29, 0.717) is 11.4 Å². The number of hydrogen-bond donors (Lipinski definition) is 1. The van der Waals surface area contributed by atoms with E-state index in [2.05, 4.69) is 24.1 Å². The second-order valence-corrected chi connectivity index (χ2v) is 8.11. The van der Waals surface area contributed by atoms with Gasteiger partial charge in [0.25, 0.3) is 0 Å². The molecule has 23 heavy (non-hydrogen) atoms. The maximum Gasteiger partial charge on any atom is 0.242 e. The molecule has 130 valence electrons. The monoisotopic (exact) mass is 339 g/mol. The summed E-state index contributed by atoms with van der Waals surface area (Å²) in [6, 6.07) is 5.55. The lowest BCUT2D eigenvalue weighted by atomic mass is 10.0. The third kappa shape index (κ3) is 4.53. The Labute approximate surface area is 140 Å². The molecule has 0 atom stereocenters. The van der Waals surface area contributed by atoms with E-state index in [1.54, 1.807) is 13.1 Å². The SMILES string of the molecule is CCN(CC)CCCN(C)S(=O)(=O)c1ccc2c(c1)CNCC2. The van der Waals surface area contributed by atoms with E-state index >= 15 is 0 Å². The molecule has 0 saturated heterocycles. The molecule has 5 nitrogen and oxygen atoms in total. The first-order valence-electron chi connectivity index (χ1n) is 8.50. The van der Waals surface area contributed by atoms with Gasteiger partial charge in [0.15, 0.2) is 0 Å². The second kappa shape index (κ2) is 8.24. The van der Waals surface area contributed by atoms with Crippen LogP contribution in [0, 0.1) is 0 Å². The summed E-state index contributed by atoms with van der Waals surface area (Å²) in [5.41, 5.74) is 2.36. The zero-order valence-electron chi connectivity index (χ0n) is 14.5. The molecular weight excluding hydrogens is 310 g/mol. The standard InChI is InChI=1S/C17H29N3O2S/c1-4-20(5-2)12-6-11-19(3)23(21,22)17-8-7-15-9-10-18-14-16(15)13-17/h7-8,13,18H,4-6,9-12,14H2,1-3H3. The van der Waals surface area contributed by atoms with Crippen molar-refractivity contribution in [2.75, 3.05) is 39.8 Å². The molecule has 0 fully saturated rings. The van der Waals surface area contributed by atoms with Crippen LogP contribution in [0.5, 0.6) is 0 Å². The highest BCUT2D eigenvalue weighted by Gasteiger charge is 2.22. The molecule has 1 aliphatic rings. The summed E-state index contributed by atoms with van der Waals surface area (Å²) in [6.45, 7) is 9.47. The second-order valence-electron chi connectivity index (χ2n) is 6.06. The molecule has 1 aliphatic heterocycles. The third-order valence-electron chi connectivity index (χ3n) is 4.61.